The third-order valence-electron chi connectivity index (χ3n) is 3.31. The van der Waals surface area contributed by atoms with Gasteiger partial charge < -0.3 is 0 Å². The Labute approximate surface area is 164 Å². The summed E-state index contributed by atoms with van der Waals surface area (Å²) in [6.45, 7) is -0.497. The fraction of sp³-hybridized carbons (Fsp3) is 0.125. The van der Waals surface area contributed by atoms with Gasteiger partial charge >= 0.3 is 0 Å². The van der Waals surface area contributed by atoms with E-state index < -0.39 is 27.4 Å². The van der Waals surface area contributed by atoms with E-state index in [2.05, 4.69) is 26.5 Å². The van der Waals surface area contributed by atoms with Crippen molar-refractivity contribution in [3.05, 3.63) is 68.7 Å². The number of nitro benzene ring substituents is 1. The molecular formula is C16H15BrN4O5S. The monoisotopic (exact) mass is 454 g/mol. The number of nitrogens with zero attached hydrogens (tertiary/aromatic N) is 3. The first-order valence-corrected chi connectivity index (χ1v) is 10.1. The predicted octanol–water partition coefficient (Wildman–Crippen LogP) is 2.27. The summed E-state index contributed by atoms with van der Waals surface area (Å²) in [4.78, 5) is 22.5. The van der Waals surface area contributed by atoms with Crippen molar-refractivity contribution in [2.45, 2.75) is 0 Å². The molecule has 142 valence electrons. The molecule has 27 heavy (non-hydrogen) atoms. The number of nitrogens with one attached hydrogen (secondary N) is 1. The first kappa shape index (κ1) is 20.5. The molecule has 11 heteroatoms. The molecule has 2 aromatic carbocycles. The summed E-state index contributed by atoms with van der Waals surface area (Å²) < 4.78 is 25.6. The van der Waals surface area contributed by atoms with Crippen molar-refractivity contribution in [3.8, 4) is 0 Å². The maximum atomic E-state index is 12.1. The molecular weight excluding hydrogens is 440 g/mol. The Morgan fingerprint density at radius 2 is 2.00 bits per heavy atom. The van der Waals surface area contributed by atoms with Crippen molar-refractivity contribution in [2.75, 3.05) is 17.1 Å². The minimum absolute atomic E-state index is 0.164. The number of amides is 1. The first-order valence-electron chi connectivity index (χ1n) is 7.47. The summed E-state index contributed by atoms with van der Waals surface area (Å²) in [5.41, 5.74) is 2.52. The molecule has 2 aromatic rings. The van der Waals surface area contributed by atoms with Crippen LogP contribution in [0.1, 0.15) is 5.56 Å². The van der Waals surface area contributed by atoms with Gasteiger partial charge in [-0.1, -0.05) is 34.1 Å². The molecule has 0 heterocycles. The number of sulfonamides is 1. The average molecular weight is 455 g/mol. The van der Waals surface area contributed by atoms with Gasteiger partial charge in [0, 0.05) is 10.5 Å². The van der Waals surface area contributed by atoms with Gasteiger partial charge in [-0.05, 0) is 24.3 Å². The van der Waals surface area contributed by atoms with Gasteiger partial charge in [0.25, 0.3) is 11.6 Å². The lowest BCUT2D eigenvalue weighted by molar-refractivity contribution is -0.385. The second-order valence-electron chi connectivity index (χ2n) is 5.36. The zero-order chi connectivity index (χ0) is 20.0. The van der Waals surface area contributed by atoms with Gasteiger partial charge in [-0.3, -0.25) is 19.2 Å². The van der Waals surface area contributed by atoms with Crippen LogP contribution in [0.2, 0.25) is 0 Å². The van der Waals surface area contributed by atoms with E-state index in [1.54, 1.807) is 30.3 Å². The van der Waals surface area contributed by atoms with Crippen LogP contribution in [0.3, 0.4) is 0 Å². The number of carbonyl (C=O) groups is 1. The maximum Gasteiger partial charge on any atom is 0.278 e. The van der Waals surface area contributed by atoms with Gasteiger partial charge in [0.1, 0.15) is 6.54 Å². The fourth-order valence-corrected chi connectivity index (χ4v) is 3.37. The molecule has 0 saturated carbocycles. The summed E-state index contributed by atoms with van der Waals surface area (Å²) >= 11 is 3.25. The van der Waals surface area contributed by atoms with Gasteiger partial charge in [-0.2, -0.15) is 5.10 Å². The molecule has 0 bridgehead atoms. The highest BCUT2D eigenvalue weighted by Crippen LogP contribution is 2.21. The largest absolute Gasteiger partial charge is 0.278 e. The number of para-hydroxylation sites is 1. The number of hydrogen-bond acceptors (Lipinski definition) is 6. The number of halogens is 1. The van der Waals surface area contributed by atoms with Crippen molar-refractivity contribution < 1.29 is 18.1 Å². The van der Waals surface area contributed by atoms with Crippen LogP contribution in [0, 0.1) is 10.1 Å². The van der Waals surface area contributed by atoms with Crippen molar-refractivity contribution in [3.63, 3.8) is 0 Å². The average Bonchev–Trinajstić information content (AvgIpc) is 2.59. The van der Waals surface area contributed by atoms with Crippen LogP contribution in [0.5, 0.6) is 0 Å². The van der Waals surface area contributed by atoms with Crippen LogP contribution in [-0.2, 0) is 14.8 Å². The topological polar surface area (TPSA) is 122 Å². The fourth-order valence-electron chi connectivity index (χ4n) is 2.13. The van der Waals surface area contributed by atoms with Crippen LogP contribution >= 0.6 is 15.9 Å². The van der Waals surface area contributed by atoms with Crippen LogP contribution in [0.15, 0.2) is 58.1 Å². The lowest BCUT2D eigenvalue weighted by atomic mass is 10.2. The summed E-state index contributed by atoms with van der Waals surface area (Å²) in [6, 6.07) is 12.4. The van der Waals surface area contributed by atoms with Crippen molar-refractivity contribution in [2.24, 2.45) is 5.10 Å². The minimum Gasteiger partial charge on any atom is -0.271 e. The molecule has 0 aliphatic carbocycles. The summed E-state index contributed by atoms with van der Waals surface area (Å²) in [6.07, 6.45) is 2.11. The zero-order valence-corrected chi connectivity index (χ0v) is 16.5. The number of rotatable bonds is 7. The summed E-state index contributed by atoms with van der Waals surface area (Å²) in [5, 5.41) is 14.6. The van der Waals surface area contributed by atoms with E-state index in [1.807, 2.05) is 0 Å². The maximum absolute atomic E-state index is 12.1. The van der Waals surface area contributed by atoms with Crippen LogP contribution in [-0.4, -0.2) is 38.3 Å². The highest BCUT2D eigenvalue weighted by Gasteiger charge is 2.21. The predicted molar refractivity (Wildman–Crippen MR) is 105 cm³/mol. The van der Waals surface area contributed by atoms with Gasteiger partial charge in [0.15, 0.2) is 0 Å². The smallest absolute Gasteiger partial charge is 0.271 e. The number of hydrogen-bond donors (Lipinski definition) is 1. The SMILES string of the molecule is CS(=O)(=O)N(CC(=O)N/N=C\c1ccccc1[N+](=O)[O-])c1cccc(Br)c1. The summed E-state index contributed by atoms with van der Waals surface area (Å²) in [7, 11) is -3.71. The molecule has 0 fully saturated rings. The molecule has 0 aliphatic heterocycles. The zero-order valence-electron chi connectivity index (χ0n) is 14.1. The molecule has 2 rings (SSSR count). The van der Waals surface area contributed by atoms with Gasteiger partial charge in [0.2, 0.25) is 10.0 Å². The molecule has 0 atom stereocenters. The van der Waals surface area contributed by atoms with E-state index in [4.69, 9.17) is 0 Å². The lowest BCUT2D eigenvalue weighted by Gasteiger charge is -2.21. The second kappa shape index (κ2) is 8.73. The molecule has 1 amide bonds. The number of benzene rings is 2. The molecule has 1 N–H and O–H groups in total. The Kier molecular flexibility index (Phi) is 6.64. The molecule has 0 unspecified atom stereocenters. The van der Waals surface area contributed by atoms with Crippen molar-refractivity contribution >= 4 is 49.4 Å². The van der Waals surface area contributed by atoms with E-state index in [0.29, 0.717) is 10.2 Å². The molecule has 0 saturated heterocycles. The molecule has 0 radical (unpaired) electrons. The third kappa shape index (κ3) is 5.86. The summed E-state index contributed by atoms with van der Waals surface area (Å²) in [5.74, 6) is -0.699. The Hall–Kier alpha value is -2.79. The normalized spacial score (nSPS) is 11.3. The molecule has 0 aliphatic rings. The Morgan fingerprint density at radius 3 is 2.63 bits per heavy atom. The van der Waals surface area contributed by atoms with Crippen LogP contribution < -0.4 is 9.73 Å². The Bertz CT molecular complexity index is 994. The quantitative estimate of drug-likeness (QED) is 0.390. The number of anilines is 1. The van der Waals surface area contributed by atoms with Gasteiger partial charge in [-0.15, -0.1) is 0 Å². The number of carbonyl (C=O) groups excluding carboxylic acids is 1. The van der Waals surface area contributed by atoms with E-state index in [0.717, 1.165) is 16.8 Å². The minimum atomic E-state index is -3.71. The van der Waals surface area contributed by atoms with E-state index >= 15 is 0 Å². The molecule has 0 aromatic heterocycles. The lowest BCUT2D eigenvalue weighted by Crippen LogP contribution is -2.39. The van der Waals surface area contributed by atoms with E-state index in [1.165, 1.54) is 18.2 Å². The highest BCUT2D eigenvalue weighted by molar-refractivity contribution is 9.10. The third-order valence-corrected chi connectivity index (χ3v) is 4.94. The standard InChI is InChI=1S/C16H15BrN4O5S/c1-27(25,26)20(14-7-4-6-13(17)9-14)11-16(22)19-18-10-12-5-2-3-8-15(12)21(23)24/h2-10H,11H2,1H3,(H,19,22)/b18-10-. The van der Waals surface area contributed by atoms with Crippen molar-refractivity contribution in [1.29, 1.82) is 0 Å². The molecule has 0 spiro atoms. The van der Waals surface area contributed by atoms with E-state index in [-0.39, 0.29) is 11.3 Å². The Morgan fingerprint density at radius 1 is 1.30 bits per heavy atom. The van der Waals surface area contributed by atoms with Crippen LogP contribution in [0.25, 0.3) is 0 Å². The van der Waals surface area contributed by atoms with Crippen LogP contribution in [0.4, 0.5) is 11.4 Å². The first-order chi connectivity index (χ1) is 12.7. The van der Waals surface area contributed by atoms with Gasteiger partial charge in [-0.25, -0.2) is 13.8 Å². The van der Waals surface area contributed by atoms with Crippen molar-refractivity contribution in [1.82, 2.24) is 5.43 Å². The van der Waals surface area contributed by atoms with E-state index in [9.17, 15) is 23.3 Å². The van der Waals surface area contributed by atoms with Gasteiger partial charge in [0.05, 0.1) is 28.6 Å². The highest BCUT2D eigenvalue weighted by atomic mass is 79.9. The second-order valence-corrected chi connectivity index (χ2v) is 8.18. The Balaban J connectivity index is 2.12. The molecule has 9 nitrogen and oxygen atoms in total. The number of nitro groups is 1. The number of hydrazone groups is 1.